The van der Waals surface area contributed by atoms with Gasteiger partial charge in [0.05, 0.1) is 7.11 Å². The number of nitrogens with one attached hydrogen (secondary N) is 1. The molecule has 1 rings (SSSR count). The van der Waals surface area contributed by atoms with Crippen LogP contribution < -0.4 is 15.8 Å². The van der Waals surface area contributed by atoms with Gasteiger partial charge in [0.25, 0.3) is 5.91 Å². The normalized spacial score (nSPS) is 9.38. The molecule has 0 bridgehead atoms. The minimum absolute atomic E-state index is 0.112. The lowest BCUT2D eigenvalue weighted by molar-refractivity contribution is 0.0994. The molecule has 3 N–H and O–H groups in total. The second-order valence-corrected chi connectivity index (χ2v) is 2.24. The van der Waals surface area contributed by atoms with Crippen LogP contribution in [0.5, 0.6) is 6.01 Å². The number of rotatable bonds is 3. The molecule has 0 spiro atoms. The summed E-state index contributed by atoms with van der Waals surface area (Å²) in [6.07, 6.45) is 0. The molecule has 1 amide bonds. The number of carbonyl (C=O) groups is 1. The first-order valence-electron chi connectivity index (χ1n) is 3.58. The molecule has 0 aliphatic carbocycles. The zero-order valence-electron chi connectivity index (χ0n) is 7.37. The zero-order chi connectivity index (χ0) is 9.84. The molecule has 1 aromatic heterocycles. The van der Waals surface area contributed by atoms with Crippen molar-refractivity contribution in [2.24, 2.45) is 5.73 Å². The van der Waals surface area contributed by atoms with Crippen molar-refractivity contribution in [1.29, 1.82) is 0 Å². The topological polar surface area (TPSA) is 90.1 Å². The highest BCUT2D eigenvalue weighted by molar-refractivity contribution is 5.91. The number of aromatic nitrogens is 2. The number of hydrogen-bond acceptors (Lipinski definition) is 5. The van der Waals surface area contributed by atoms with E-state index in [1.807, 2.05) is 0 Å². The van der Waals surface area contributed by atoms with Crippen LogP contribution in [0.25, 0.3) is 0 Å². The van der Waals surface area contributed by atoms with Gasteiger partial charge in [0.2, 0.25) is 0 Å². The summed E-state index contributed by atoms with van der Waals surface area (Å²) < 4.78 is 4.78. The van der Waals surface area contributed by atoms with Crippen molar-refractivity contribution in [3.05, 3.63) is 11.8 Å². The molecule has 13 heavy (non-hydrogen) atoms. The van der Waals surface area contributed by atoms with E-state index in [-0.39, 0.29) is 11.7 Å². The van der Waals surface area contributed by atoms with E-state index in [1.54, 1.807) is 7.05 Å². The Morgan fingerprint density at radius 3 is 2.77 bits per heavy atom. The number of hydrogen-bond donors (Lipinski definition) is 2. The first kappa shape index (κ1) is 9.24. The molecular formula is C7H10N4O2. The molecular weight excluding hydrogens is 172 g/mol. The van der Waals surface area contributed by atoms with Crippen molar-refractivity contribution in [3.8, 4) is 6.01 Å². The van der Waals surface area contributed by atoms with Crippen LogP contribution in [0, 0.1) is 0 Å². The van der Waals surface area contributed by atoms with Crippen LogP contribution in [0.2, 0.25) is 0 Å². The highest BCUT2D eigenvalue weighted by Gasteiger charge is 2.07. The van der Waals surface area contributed by atoms with Crippen LogP contribution in [-0.4, -0.2) is 30.0 Å². The third-order valence-electron chi connectivity index (χ3n) is 1.40. The van der Waals surface area contributed by atoms with Gasteiger partial charge in [-0.1, -0.05) is 0 Å². The molecule has 0 radical (unpaired) electrons. The summed E-state index contributed by atoms with van der Waals surface area (Å²) in [7, 11) is 3.09. The Labute approximate surface area is 75.1 Å². The maximum atomic E-state index is 10.8. The summed E-state index contributed by atoms with van der Waals surface area (Å²) in [5.74, 6) is -0.127. The Balaban J connectivity index is 3.14. The van der Waals surface area contributed by atoms with Gasteiger partial charge in [-0.15, -0.1) is 0 Å². The predicted octanol–water partition coefficient (Wildman–Crippen LogP) is -0.374. The zero-order valence-corrected chi connectivity index (χ0v) is 7.37. The fraction of sp³-hybridized carbons (Fsp3) is 0.286. The standard InChI is InChI=1S/C7H10N4O2/c1-9-5-3-4(6(8)12)10-7(11-5)13-2/h3H,1-2H3,(H2,8,12)(H,9,10,11). The SMILES string of the molecule is CNc1cc(C(N)=O)nc(OC)n1. The van der Waals surface area contributed by atoms with Gasteiger partial charge in [-0.3, -0.25) is 4.79 Å². The summed E-state index contributed by atoms with van der Waals surface area (Å²) in [5.41, 5.74) is 5.17. The van der Waals surface area contributed by atoms with E-state index in [2.05, 4.69) is 15.3 Å². The molecule has 0 saturated carbocycles. The summed E-state index contributed by atoms with van der Waals surface area (Å²) in [6, 6.07) is 1.56. The Morgan fingerprint density at radius 2 is 2.31 bits per heavy atom. The molecule has 0 aliphatic rings. The summed E-state index contributed by atoms with van der Waals surface area (Å²) in [4.78, 5) is 18.4. The van der Waals surface area contributed by atoms with Gasteiger partial charge in [-0.2, -0.15) is 9.97 Å². The van der Waals surface area contributed by atoms with E-state index in [0.29, 0.717) is 5.82 Å². The minimum Gasteiger partial charge on any atom is -0.467 e. The Hall–Kier alpha value is -1.85. The van der Waals surface area contributed by atoms with Crippen molar-refractivity contribution in [3.63, 3.8) is 0 Å². The van der Waals surface area contributed by atoms with Crippen LogP contribution in [-0.2, 0) is 0 Å². The van der Waals surface area contributed by atoms with Crippen molar-refractivity contribution < 1.29 is 9.53 Å². The van der Waals surface area contributed by atoms with E-state index in [9.17, 15) is 4.79 Å². The van der Waals surface area contributed by atoms with E-state index >= 15 is 0 Å². The van der Waals surface area contributed by atoms with E-state index in [1.165, 1.54) is 13.2 Å². The quantitative estimate of drug-likeness (QED) is 0.665. The summed E-state index contributed by atoms with van der Waals surface area (Å²) in [6.45, 7) is 0. The molecule has 0 aromatic carbocycles. The molecule has 1 aromatic rings. The van der Waals surface area contributed by atoms with Gasteiger partial charge >= 0.3 is 6.01 Å². The Kier molecular flexibility index (Phi) is 2.63. The number of nitrogens with zero attached hydrogens (tertiary/aromatic N) is 2. The van der Waals surface area contributed by atoms with Crippen molar-refractivity contribution >= 4 is 11.7 Å². The molecule has 70 valence electrons. The van der Waals surface area contributed by atoms with Gasteiger partial charge in [-0.25, -0.2) is 0 Å². The fourth-order valence-electron chi connectivity index (χ4n) is 0.771. The predicted molar refractivity (Wildman–Crippen MR) is 46.6 cm³/mol. The number of primary amides is 1. The fourth-order valence-corrected chi connectivity index (χ4v) is 0.771. The van der Waals surface area contributed by atoms with Crippen molar-refractivity contribution in [2.45, 2.75) is 0 Å². The highest BCUT2D eigenvalue weighted by atomic mass is 16.5. The molecule has 0 saturated heterocycles. The van der Waals surface area contributed by atoms with Gasteiger partial charge in [0, 0.05) is 13.1 Å². The molecule has 0 atom stereocenters. The minimum atomic E-state index is -0.614. The van der Waals surface area contributed by atoms with Gasteiger partial charge in [0.1, 0.15) is 11.5 Å². The Morgan fingerprint density at radius 1 is 1.62 bits per heavy atom. The Bertz CT molecular complexity index is 304. The highest BCUT2D eigenvalue weighted by Crippen LogP contribution is 2.10. The van der Waals surface area contributed by atoms with Crippen LogP contribution in [0.1, 0.15) is 10.5 Å². The largest absolute Gasteiger partial charge is 0.467 e. The van der Waals surface area contributed by atoms with Crippen LogP contribution >= 0.6 is 0 Å². The van der Waals surface area contributed by atoms with Crippen molar-refractivity contribution in [1.82, 2.24) is 9.97 Å². The first-order valence-corrected chi connectivity index (χ1v) is 3.58. The summed E-state index contributed by atoms with van der Waals surface area (Å²) >= 11 is 0. The third-order valence-corrected chi connectivity index (χ3v) is 1.40. The lowest BCUT2D eigenvalue weighted by atomic mass is 10.4. The van der Waals surface area contributed by atoms with Crippen LogP contribution in [0.15, 0.2) is 6.07 Å². The number of anilines is 1. The van der Waals surface area contributed by atoms with Gasteiger partial charge < -0.3 is 15.8 Å². The van der Waals surface area contributed by atoms with Crippen molar-refractivity contribution in [2.75, 3.05) is 19.5 Å². The average molecular weight is 182 g/mol. The number of methoxy groups -OCH3 is 1. The maximum absolute atomic E-state index is 10.8. The number of nitrogens with two attached hydrogens (primary N) is 1. The summed E-state index contributed by atoms with van der Waals surface area (Å²) in [5, 5.41) is 2.76. The molecule has 0 aliphatic heterocycles. The number of carbonyl (C=O) groups excluding carboxylic acids is 1. The smallest absolute Gasteiger partial charge is 0.318 e. The molecule has 0 fully saturated rings. The molecule has 0 unspecified atom stereocenters. The molecule has 6 nitrogen and oxygen atoms in total. The lowest BCUT2D eigenvalue weighted by Crippen LogP contribution is -2.14. The van der Waals surface area contributed by atoms with Gasteiger partial charge in [0.15, 0.2) is 0 Å². The van der Waals surface area contributed by atoms with Gasteiger partial charge in [-0.05, 0) is 0 Å². The molecule has 1 heterocycles. The monoisotopic (exact) mass is 182 g/mol. The second-order valence-electron chi connectivity index (χ2n) is 2.24. The molecule has 6 heteroatoms. The first-order chi connectivity index (χ1) is 6.17. The number of ether oxygens (including phenoxy) is 1. The average Bonchev–Trinajstić information content (AvgIpc) is 2.16. The van der Waals surface area contributed by atoms with E-state index in [4.69, 9.17) is 10.5 Å². The van der Waals surface area contributed by atoms with E-state index in [0.717, 1.165) is 0 Å². The van der Waals surface area contributed by atoms with Crippen LogP contribution in [0.3, 0.4) is 0 Å². The van der Waals surface area contributed by atoms with E-state index < -0.39 is 5.91 Å². The second kappa shape index (κ2) is 3.70. The maximum Gasteiger partial charge on any atom is 0.318 e. The van der Waals surface area contributed by atoms with Crippen LogP contribution in [0.4, 0.5) is 5.82 Å². The third kappa shape index (κ3) is 2.05. The lowest BCUT2D eigenvalue weighted by Gasteiger charge is -2.03. The number of amides is 1.